The van der Waals surface area contributed by atoms with Crippen molar-refractivity contribution in [2.45, 2.75) is 37.8 Å². The maximum absolute atomic E-state index is 11.4. The van der Waals surface area contributed by atoms with Gasteiger partial charge in [0.1, 0.15) is 0 Å². The summed E-state index contributed by atoms with van der Waals surface area (Å²) < 4.78 is 102. The minimum atomic E-state index is -5.15. The molecule has 213 valence electrons. The van der Waals surface area contributed by atoms with Crippen LogP contribution in [0.25, 0.3) is 0 Å². The Morgan fingerprint density at radius 1 is 0.405 bits per heavy atom. The molecule has 0 aliphatic heterocycles. The van der Waals surface area contributed by atoms with Crippen LogP contribution in [0.1, 0.15) is 19.3 Å². The van der Waals surface area contributed by atoms with Crippen LogP contribution in [0.5, 0.6) is 0 Å². The summed E-state index contributed by atoms with van der Waals surface area (Å²) in [7, 11) is 0. The predicted octanol–water partition coefficient (Wildman–Crippen LogP) is 0.482. The molecule has 0 spiro atoms. The summed E-state index contributed by atoms with van der Waals surface area (Å²) in [6.07, 6.45) is -20.4. The van der Waals surface area contributed by atoms with Gasteiger partial charge in [0.05, 0.1) is 19.3 Å². The van der Waals surface area contributed by atoms with Crippen LogP contribution in [0.3, 0.4) is 0 Å². The van der Waals surface area contributed by atoms with Crippen LogP contribution < -0.4 is 0 Å². The summed E-state index contributed by atoms with van der Waals surface area (Å²) in [5.41, 5.74) is 0. The van der Waals surface area contributed by atoms with E-state index in [2.05, 4.69) is 0 Å². The first-order valence-corrected chi connectivity index (χ1v) is 7.83. The minimum Gasteiger partial charge on any atom is -0.475 e. The number of ketones is 6. The summed E-state index contributed by atoms with van der Waals surface area (Å²) in [5, 5.41) is 23.5. The number of halogens is 9. The van der Waals surface area contributed by atoms with E-state index in [-0.39, 0.29) is 16.8 Å². The largest absolute Gasteiger partial charge is 0.475 e. The smallest absolute Gasteiger partial charge is 0.450 e. The number of carboxylic acids is 3. The van der Waals surface area contributed by atoms with Gasteiger partial charge < -0.3 is 15.3 Å². The van der Waals surface area contributed by atoms with Crippen molar-refractivity contribution in [3.05, 3.63) is 0 Å². The van der Waals surface area contributed by atoms with E-state index in [1.54, 1.807) is 0 Å². The quantitative estimate of drug-likeness (QED) is 0.185. The second kappa shape index (κ2) is 16.1. The number of aliphatic carboxylic acids is 3. The third kappa shape index (κ3) is 20.2. The van der Waals surface area contributed by atoms with Gasteiger partial charge >= 0.3 is 36.4 Å². The van der Waals surface area contributed by atoms with Crippen molar-refractivity contribution in [3.63, 3.8) is 0 Å². The number of carbonyl (C=O) groups is 9. The number of alkyl halides is 9. The molecule has 0 aromatic heterocycles. The average Bonchev–Trinajstić information content (AvgIpc) is 2.66. The van der Waals surface area contributed by atoms with Crippen LogP contribution in [0.15, 0.2) is 0 Å². The molecule has 0 unspecified atom stereocenters. The molecule has 0 atom stereocenters. The van der Waals surface area contributed by atoms with Crippen LogP contribution >= 0.6 is 0 Å². The summed E-state index contributed by atoms with van der Waals surface area (Å²) in [4.78, 5) is 89.2. The molecule has 1 radical (unpaired) electrons. The van der Waals surface area contributed by atoms with Gasteiger partial charge in [-0.15, -0.1) is 0 Å². The van der Waals surface area contributed by atoms with Gasteiger partial charge in [0.25, 0.3) is 0 Å². The first-order valence-electron chi connectivity index (χ1n) is 7.83. The van der Waals surface area contributed by atoms with Crippen molar-refractivity contribution in [1.29, 1.82) is 0 Å². The van der Waals surface area contributed by atoms with Gasteiger partial charge in [-0.05, 0) is 0 Å². The first kappa shape index (κ1) is 40.5. The molecule has 0 aliphatic carbocycles. The van der Waals surface area contributed by atoms with Crippen molar-refractivity contribution < 1.29 is 115 Å². The van der Waals surface area contributed by atoms with E-state index in [9.17, 15) is 82.7 Å². The molecule has 0 amide bonds. The second-order valence-corrected chi connectivity index (χ2v) is 5.48. The van der Waals surface area contributed by atoms with E-state index >= 15 is 0 Å². The van der Waals surface area contributed by atoms with Crippen molar-refractivity contribution in [2.24, 2.45) is 0 Å². The van der Waals surface area contributed by atoms with E-state index in [0.717, 1.165) is 0 Å². The molecule has 0 bridgehead atoms. The Morgan fingerprint density at radius 3 is 0.622 bits per heavy atom. The van der Waals surface area contributed by atoms with E-state index in [0.29, 0.717) is 0 Å². The third-order valence-corrected chi connectivity index (χ3v) is 2.63. The van der Waals surface area contributed by atoms with Gasteiger partial charge in [-0.3, -0.25) is 28.8 Å². The molecule has 0 saturated carbocycles. The van der Waals surface area contributed by atoms with Gasteiger partial charge in [0.15, 0.2) is 0 Å². The van der Waals surface area contributed by atoms with Crippen molar-refractivity contribution in [3.8, 4) is 0 Å². The summed E-state index contributed by atoms with van der Waals surface area (Å²) >= 11 is 0. The number of Topliss-reactive ketones (excluding diaryl/α,β-unsaturated/α-hetero) is 6. The molecule has 0 aliphatic rings. The van der Waals surface area contributed by atoms with E-state index in [1.165, 1.54) is 0 Å². The van der Waals surface area contributed by atoms with E-state index < -0.39 is 90.4 Å². The number of hydrogen-bond donors (Lipinski definition) is 3. The average molecular weight is 611 g/mol. The zero-order valence-electron chi connectivity index (χ0n) is 16.9. The Hall–Kier alpha value is -3.69. The zero-order chi connectivity index (χ0) is 29.8. The Morgan fingerprint density at radius 2 is 0.541 bits per heavy atom. The Balaban J connectivity index is -0.000000218. The SMILES string of the molecule is O=C(O)C(=O)CC(=O)C(F)(F)F.O=C(O)C(=O)CC(=O)C(F)(F)F.O=C(O)C(=O)CC(=O)C(F)(F)F.[Co]. The molecule has 0 aromatic rings. The van der Waals surface area contributed by atoms with E-state index in [4.69, 9.17) is 15.3 Å². The Bertz CT molecular complexity index is 814. The standard InChI is InChI=1S/3C5H3F3O4.Co/c3*6-5(7,8)3(10)1-2(9)4(11)12;/h3*1H2,(H,11,12);. The van der Waals surface area contributed by atoms with Crippen molar-refractivity contribution in [1.82, 2.24) is 0 Å². The van der Waals surface area contributed by atoms with Crippen LogP contribution in [-0.4, -0.2) is 86.5 Å². The molecule has 0 rings (SSSR count). The maximum Gasteiger partial charge on any atom is 0.450 e. The van der Waals surface area contributed by atoms with Gasteiger partial charge in [-0.1, -0.05) is 0 Å². The molecule has 0 aromatic carbocycles. The minimum absolute atomic E-state index is 0. The van der Waals surface area contributed by atoms with Gasteiger partial charge in [0.2, 0.25) is 34.7 Å². The van der Waals surface area contributed by atoms with Gasteiger partial charge in [-0.2, -0.15) is 39.5 Å². The third-order valence-electron chi connectivity index (χ3n) is 2.63. The number of carbonyl (C=O) groups excluding carboxylic acids is 6. The zero-order valence-corrected chi connectivity index (χ0v) is 17.9. The fourth-order valence-electron chi connectivity index (χ4n) is 0.965. The molecule has 0 saturated heterocycles. The Labute approximate surface area is 206 Å². The number of carboxylic acid groups (broad SMARTS) is 3. The summed E-state index contributed by atoms with van der Waals surface area (Å²) in [5.74, 6) is -18.5. The van der Waals surface area contributed by atoms with E-state index in [1.807, 2.05) is 0 Å². The van der Waals surface area contributed by atoms with Crippen LogP contribution in [0, 0.1) is 0 Å². The van der Waals surface area contributed by atoms with Crippen molar-refractivity contribution >= 4 is 52.6 Å². The Kier molecular flexibility index (Phi) is 17.6. The van der Waals surface area contributed by atoms with Gasteiger partial charge in [0, 0.05) is 16.8 Å². The monoisotopic (exact) mass is 611 g/mol. The van der Waals surface area contributed by atoms with Crippen LogP contribution in [-0.2, 0) is 59.9 Å². The molecular weight excluding hydrogens is 602 g/mol. The molecule has 12 nitrogen and oxygen atoms in total. The second-order valence-electron chi connectivity index (χ2n) is 5.48. The molecule has 0 heterocycles. The normalized spacial score (nSPS) is 10.6. The van der Waals surface area contributed by atoms with Crippen molar-refractivity contribution in [2.75, 3.05) is 0 Å². The first-order chi connectivity index (χ1) is 15.7. The molecular formula is C15H9CoF9O12. The fraction of sp³-hybridized carbons (Fsp3) is 0.400. The van der Waals surface area contributed by atoms with Crippen LogP contribution in [0.4, 0.5) is 39.5 Å². The fourth-order valence-corrected chi connectivity index (χ4v) is 0.965. The van der Waals surface area contributed by atoms with Gasteiger partial charge in [-0.25, -0.2) is 14.4 Å². The molecule has 0 fully saturated rings. The molecule has 37 heavy (non-hydrogen) atoms. The topological polar surface area (TPSA) is 214 Å². The molecule has 3 N–H and O–H groups in total. The predicted molar refractivity (Wildman–Crippen MR) is 85.0 cm³/mol. The number of rotatable bonds is 9. The van der Waals surface area contributed by atoms with Crippen LogP contribution in [0.2, 0.25) is 0 Å². The summed E-state index contributed by atoms with van der Waals surface area (Å²) in [6, 6.07) is 0. The summed E-state index contributed by atoms with van der Waals surface area (Å²) in [6.45, 7) is 0. The molecule has 22 heteroatoms. The number of hydrogen-bond acceptors (Lipinski definition) is 9. The maximum atomic E-state index is 11.4.